The highest BCUT2D eigenvalue weighted by Crippen LogP contribution is 2.36. The number of carbonyl (C=O) groups excluding carboxylic acids is 1. The molecule has 1 aliphatic rings. The number of fused-ring (bicyclic) bond motifs is 1. The summed E-state index contributed by atoms with van der Waals surface area (Å²) in [5, 5.41) is 6.64. The Bertz CT molecular complexity index is 1670. The van der Waals surface area contributed by atoms with Crippen molar-refractivity contribution in [2.24, 2.45) is 0 Å². The lowest BCUT2D eigenvalue weighted by molar-refractivity contribution is 0.0303. The normalized spacial score (nSPS) is 15.2. The number of thiazole rings is 1. The number of aromatic nitrogens is 3. The van der Waals surface area contributed by atoms with Crippen LogP contribution >= 0.6 is 11.3 Å². The molecule has 0 aliphatic carbocycles. The third-order valence-corrected chi connectivity index (χ3v) is 8.81. The zero-order valence-electron chi connectivity index (χ0n) is 20.6. The van der Waals surface area contributed by atoms with Gasteiger partial charge in [-0.3, -0.25) is 4.79 Å². The van der Waals surface area contributed by atoms with Gasteiger partial charge in [0.2, 0.25) is 22.7 Å². The molecule has 13 nitrogen and oxygen atoms in total. The Morgan fingerprint density at radius 3 is 2.51 bits per heavy atom. The predicted octanol–water partition coefficient (Wildman–Crippen LogP) is 1.07. The van der Waals surface area contributed by atoms with Gasteiger partial charge in [-0.15, -0.1) is 21.5 Å². The average molecular weight is 593 g/mol. The Morgan fingerprint density at radius 2 is 1.82 bits per heavy atom. The molecular formula is C23H24N6O7S3. The largest absolute Gasteiger partial charge is 0.422 e. The molecule has 1 atom stereocenters. The number of hydrazine groups is 1. The van der Waals surface area contributed by atoms with Gasteiger partial charge < -0.3 is 14.1 Å². The van der Waals surface area contributed by atoms with Crippen LogP contribution in [0.25, 0.3) is 21.3 Å². The van der Waals surface area contributed by atoms with Crippen molar-refractivity contribution in [3.63, 3.8) is 0 Å². The van der Waals surface area contributed by atoms with Crippen LogP contribution in [0.15, 0.2) is 46.9 Å². The van der Waals surface area contributed by atoms with Crippen molar-refractivity contribution >= 4 is 48.2 Å². The van der Waals surface area contributed by atoms with E-state index < -0.39 is 26.0 Å². The minimum atomic E-state index is -3.75. The fourth-order valence-corrected chi connectivity index (χ4v) is 6.77. The molecule has 16 heteroatoms. The first-order valence-corrected chi connectivity index (χ1v) is 15.7. The van der Waals surface area contributed by atoms with Crippen molar-refractivity contribution in [1.82, 2.24) is 30.3 Å². The molecule has 4 aromatic rings. The summed E-state index contributed by atoms with van der Waals surface area (Å²) in [5.74, 6) is -0.198. The lowest BCUT2D eigenvalue weighted by atomic mass is 10.0. The average Bonchev–Trinajstić information content (AvgIpc) is 3.54. The standard InChI is InChI=1S/C23H24N6O7S3/c1-39(33,34)20(21-27-26-19(36-21)13-24-28-38(31)32)22-25-17-12-16(6-7-18(17)37-22)14-2-4-15(5-3-14)23(30)29-8-10-35-11-9-29/h2-7,12,20,24,38H,8-11,13H2,1H3,(H,28,31,32). The minimum absolute atomic E-state index is 0.00180. The van der Waals surface area contributed by atoms with E-state index in [1.54, 1.807) is 17.0 Å². The monoisotopic (exact) mass is 592 g/mol. The van der Waals surface area contributed by atoms with E-state index in [9.17, 15) is 21.6 Å². The van der Waals surface area contributed by atoms with Crippen LogP contribution in [0, 0.1) is 0 Å². The van der Waals surface area contributed by atoms with Gasteiger partial charge in [-0.2, -0.15) is 4.83 Å². The molecular weight excluding hydrogens is 568 g/mol. The van der Waals surface area contributed by atoms with E-state index in [0.29, 0.717) is 37.4 Å². The fraction of sp³-hybridized carbons (Fsp3) is 0.304. The Morgan fingerprint density at radius 1 is 1.10 bits per heavy atom. The molecule has 39 heavy (non-hydrogen) atoms. The van der Waals surface area contributed by atoms with Gasteiger partial charge in [0.05, 0.1) is 30.0 Å². The number of benzene rings is 2. The molecule has 2 aromatic heterocycles. The second-order valence-corrected chi connectivity index (χ2v) is 12.6. The van der Waals surface area contributed by atoms with Crippen LogP contribution in [0.2, 0.25) is 0 Å². The first kappa shape index (κ1) is 27.3. The molecule has 5 rings (SSSR count). The summed E-state index contributed by atoms with van der Waals surface area (Å²) in [6.07, 6.45) is 1.06. The van der Waals surface area contributed by atoms with Gasteiger partial charge in [0.15, 0.2) is 15.1 Å². The van der Waals surface area contributed by atoms with E-state index >= 15 is 0 Å². The summed E-state index contributed by atoms with van der Waals surface area (Å²) >= 11 is 1.20. The van der Waals surface area contributed by atoms with Crippen LogP contribution in [-0.2, 0) is 32.0 Å². The first-order chi connectivity index (χ1) is 18.7. The van der Waals surface area contributed by atoms with Crippen LogP contribution in [0.5, 0.6) is 0 Å². The molecule has 1 unspecified atom stereocenters. The number of rotatable bonds is 9. The number of hydrogen-bond donors (Lipinski definition) is 3. The molecule has 206 valence electrons. The number of amides is 1. The van der Waals surface area contributed by atoms with Crippen LogP contribution in [-0.4, -0.2) is 75.4 Å². The third-order valence-electron chi connectivity index (χ3n) is 5.94. The summed E-state index contributed by atoms with van der Waals surface area (Å²) in [6.45, 7) is 2.08. The highest BCUT2D eigenvalue weighted by Gasteiger charge is 2.34. The number of sulfone groups is 1. The SMILES string of the molecule is CS(=O)(=O)C(c1nnc(CNN[SH](=O)=O)o1)c1nc2cc(-c3ccc(C(=O)N4CCOCC4)cc3)ccc2s1. The number of carbonyl (C=O) groups is 1. The second-order valence-electron chi connectivity index (χ2n) is 8.68. The molecule has 1 amide bonds. The van der Waals surface area contributed by atoms with Crippen LogP contribution in [0.3, 0.4) is 0 Å². The number of morpholine rings is 1. The zero-order chi connectivity index (χ0) is 27.6. The van der Waals surface area contributed by atoms with Gasteiger partial charge in [-0.05, 0) is 35.4 Å². The van der Waals surface area contributed by atoms with Crippen molar-refractivity contribution < 1.29 is 30.8 Å². The Hall–Kier alpha value is -3.28. The van der Waals surface area contributed by atoms with Crippen molar-refractivity contribution in [2.45, 2.75) is 11.8 Å². The number of hydrogen-bond acceptors (Lipinski definition) is 12. The minimum Gasteiger partial charge on any atom is -0.422 e. The van der Waals surface area contributed by atoms with Crippen molar-refractivity contribution in [2.75, 3.05) is 32.6 Å². The Labute approximate surface area is 229 Å². The van der Waals surface area contributed by atoms with Gasteiger partial charge in [-0.1, -0.05) is 18.2 Å². The molecule has 0 bridgehead atoms. The van der Waals surface area contributed by atoms with Crippen molar-refractivity contribution in [3.05, 3.63) is 64.8 Å². The van der Waals surface area contributed by atoms with Crippen LogP contribution < -0.4 is 10.3 Å². The van der Waals surface area contributed by atoms with Crippen LogP contribution in [0.1, 0.15) is 32.4 Å². The molecule has 1 aliphatic heterocycles. The van der Waals surface area contributed by atoms with E-state index in [2.05, 4.69) is 20.6 Å². The molecule has 0 spiro atoms. The Balaban J connectivity index is 1.38. The first-order valence-electron chi connectivity index (χ1n) is 11.7. The lowest BCUT2D eigenvalue weighted by Gasteiger charge is -2.26. The zero-order valence-corrected chi connectivity index (χ0v) is 23.1. The number of thiol groups is 1. The number of nitrogens with zero attached hydrogens (tertiary/aromatic N) is 4. The Kier molecular flexibility index (Phi) is 8.01. The maximum absolute atomic E-state index is 12.7. The molecule has 1 fully saturated rings. The predicted molar refractivity (Wildman–Crippen MR) is 143 cm³/mol. The third kappa shape index (κ3) is 6.32. The highest BCUT2D eigenvalue weighted by molar-refractivity contribution is 7.91. The number of nitrogens with one attached hydrogen (secondary N) is 2. The summed E-state index contributed by atoms with van der Waals surface area (Å²) in [7, 11) is -6.62. The van der Waals surface area contributed by atoms with Gasteiger partial charge in [-0.25, -0.2) is 27.2 Å². The van der Waals surface area contributed by atoms with Crippen molar-refractivity contribution in [3.8, 4) is 11.1 Å². The number of ether oxygens (including phenoxy) is 1. The molecule has 2 N–H and O–H groups in total. The smallest absolute Gasteiger partial charge is 0.254 e. The van der Waals surface area contributed by atoms with Gasteiger partial charge in [0.1, 0.15) is 5.01 Å². The summed E-state index contributed by atoms with van der Waals surface area (Å²) < 4.78 is 58.2. The van der Waals surface area contributed by atoms with E-state index in [0.717, 1.165) is 22.1 Å². The second kappa shape index (κ2) is 11.4. The van der Waals surface area contributed by atoms with Gasteiger partial charge in [0, 0.05) is 24.9 Å². The quantitative estimate of drug-likeness (QED) is 0.187. The van der Waals surface area contributed by atoms with Crippen LogP contribution in [0.4, 0.5) is 0 Å². The van der Waals surface area contributed by atoms with Gasteiger partial charge >= 0.3 is 0 Å². The highest BCUT2D eigenvalue weighted by atomic mass is 32.2. The van der Waals surface area contributed by atoms with Gasteiger partial charge in [0.25, 0.3) is 5.91 Å². The molecule has 1 saturated heterocycles. The topological polar surface area (TPSA) is 174 Å². The molecule has 0 saturated carbocycles. The molecule has 2 aromatic carbocycles. The van der Waals surface area contributed by atoms with Crippen molar-refractivity contribution in [1.29, 1.82) is 0 Å². The summed E-state index contributed by atoms with van der Waals surface area (Å²) in [5.41, 5.74) is 5.30. The maximum atomic E-state index is 12.7. The lowest BCUT2D eigenvalue weighted by Crippen LogP contribution is -2.40. The summed E-state index contributed by atoms with van der Waals surface area (Å²) in [4.78, 5) is 21.1. The van der Waals surface area contributed by atoms with E-state index in [1.807, 2.05) is 35.2 Å². The molecule has 3 heterocycles. The summed E-state index contributed by atoms with van der Waals surface area (Å²) in [6, 6.07) is 12.9. The maximum Gasteiger partial charge on any atom is 0.254 e. The van der Waals surface area contributed by atoms with E-state index in [4.69, 9.17) is 9.15 Å². The fourth-order valence-electron chi connectivity index (χ4n) is 4.09. The van der Waals surface area contributed by atoms with E-state index in [1.165, 1.54) is 11.3 Å². The molecule has 0 radical (unpaired) electrons. The van der Waals surface area contributed by atoms with E-state index in [-0.39, 0.29) is 29.2 Å².